The van der Waals surface area contributed by atoms with E-state index >= 15 is 0 Å². The fourth-order valence-corrected chi connectivity index (χ4v) is 1.52. The van der Waals surface area contributed by atoms with Crippen LogP contribution in [0.4, 0.5) is 0 Å². The standard InChI is InChI=1S/C10H12N2O2/c11-10(14)9(13)7-5-12-8-4-2-1-3-6(7)8/h1-5,9-10,12-14H,11H2. The highest BCUT2D eigenvalue weighted by Gasteiger charge is 2.17. The lowest BCUT2D eigenvalue weighted by Gasteiger charge is -2.12. The molecule has 0 aliphatic heterocycles. The van der Waals surface area contributed by atoms with Crippen LogP contribution in [0, 0.1) is 0 Å². The monoisotopic (exact) mass is 192 g/mol. The van der Waals surface area contributed by atoms with Gasteiger partial charge in [0.1, 0.15) is 12.3 Å². The van der Waals surface area contributed by atoms with Gasteiger partial charge in [0.2, 0.25) is 0 Å². The van der Waals surface area contributed by atoms with Crippen molar-refractivity contribution >= 4 is 10.9 Å². The van der Waals surface area contributed by atoms with Crippen LogP contribution < -0.4 is 5.73 Å². The second-order valence-electron chi connectivity index (χ2n) is 3.23. The van der Waals surface area contributed by atoms with Crippen LogP contribution in [0.3, 0.4) is 0 Å². The number of nitrogens with two attached hydrogens (primary N) is 1. The third kappa shape index (κ3) is 1.39. The molecule has 0 spiro atoms. The van der Waals surface area contributed by atoms with Gasteiger partial charge in [-0.2, -0.15) is 0 Å². The van der Waals surface area contributed by atoms with Crippen LogP contribution in [0.1, 0.15) is 11.7 Å². The summed E-state index contributed by atoms with van der Waals surface area (Å²) >= 11 is 0. The number of benzene rings is 1. The zero-order valence-electron chi connectivity index (χ0n) is 7.51. The van der Waals surface area contributed by atoms with Crippen LogP contribution in [0.5, 0.6) is 0 Å². The molecule has 1 aromatic heterocycles. The van der Waals surface area contributed by atoms with E-state index in [2.05, 4.69) is 4.98 Å². The first-order valence-corrected chi connectivity index (χ1v) is 4.38. The lowest BCUT2D eigenvalue weighted by atomic mass is 10.1. The van der Waals surface area contributed by atoms with Crippen LogP contribution in [0.15, 0.2) is 30.5 Å². The molecule has 0 radical (unpaired) electrons. The lowest BCUT2D eigenvalue weighted by molar-refractivity contribution is 0.0236. The minimum absolute atomic E-state index is 0.621. The Morgan fingerprint density at radius 1 is 1.21 bits per heavy atom. The summed E-state index contributed by atoms with van der Waals surface area (Å²) in [7, 11) is 0. The molecule has 74 valence electrons. The largest absolute Gasteiger partial charge is 0.384 e. The number of para-hydroxylation sites is 1. The normalized spacial score (nSPS) is 15.6. The summed E-state index contributed by atoms with van der Waals surface area (Å²) in [6, 6.07) is 7.53. The van der Waals surface area contributed by atoms with E-state index in [1.54, 1.807) is 6.20 Å². The highest BCUT2D eigenvalue weighted by Crippen LogP contribution is 2.24. The van der Waals surface area contributed by atoms with E-state index in [1.165, 1.54) is 0 Å². The first-order valence-electron chi connectivity index (χ1n) is 4.38. The zero-order valence-corrected chi connectivity index (χ0v) is 7.51. The molecule has 0 saturated heterocycles. The first kappa shape index (κ1) is 9.21. The van der Waals surface area contributed by atoms with Crippen LogP contribution in [-0.4, -0.2) is 21.4 Å². The van der Waals surface area contributed by atoms with Gasteiger partial charge in [0.25, 0.3) is 0 Å². The SMILES string of the molecule is NC(O)C(O)c1c[nH]c2ccccc12. The lowest BCUT2D eigenvalue weighted by Crippen LogP contribution is -2.27. The fraction of sp³-hybridized carbons (Fsp3) is 0.200. The van der Waals surface area contributed by atoms with Crippen LogP contribution in [0.2, 0.25) is 0 Å². The van der Waals surface area contributed by atoms with Gasteiger partial charge in [0, 0.05) is 22.7 Å². The summed E-state index contributed by atoms with van der Waals surface area (Å²) < 4.78 is 0. The number of fused-ring (bicyclic) bond motifs is 1. The quantitative estimate of drug-likeness (QED) is 0.522. The molecule has 0 saturated carbocycles. The van der Waals surface area contributed by atoms with Crippen molar-refractivity contribution in [2.24, 2.45) is 5.73 Å². The zero-order chi connectivity index (χ0) is 10.1. The number of aromatic nitrogens is 1. The summed E-state index contributed by atoms with van der Waals surface area (Å²) in [5, 5.41) is 19.5. The third-order valence-corrected chi connectivity index (χ3v) is 2.26. The van der Waals surface area contributed by atoms with E-state index in [0.717, 1.165) is 10.9 Å². The van der Waals surface area contributed by atoms with Crippen molar-refractivity contribution in [2.45, 2.75) is 12.3 Å². The molecule has 0 amide bonds. The van der Waals surface area contributed by atoms with Gasteiger partial charge in [0.15, 0.2) is 0 Å². The average molecular weight is 192 g/mol. The summed E-state index contributed by atoms with van der Waals surface area (Å²) in [5.74, 6) is 0. The van der Waals surface area contributed by atoms with Gasteiger partial charge < -0.3 is 20.9 Å². The number of aliphatic hydroxyl groups is 2. The van der Waals surface area contributed by atoms with Gasteiger partial charge in [-0.3, -0.25) is 0 Å². The highest BCUT2D eigenvalue weighted by atomic mass is 16.3. The van der Waals surface area contributed by atoms with Gasteiger partial charge >= 0.3 is 0 Å². The molecule has 2 rings (SSSR count). The molecule has 4 nitrogen and oxygen atoms in total. The molecule has 5 N–H and O–H groups in total. The van der Waals surface area contributed by atoms with E-state index in [-0.39, 0.29) is 0 Å². The van der Waals surface area contributed by atoms with E-state index in [1.807, 2.05) is 24.3 Å². The summed E-state index contributed by atoms with van der Waals surface area (Å²) in [5.41, 5.74) is 6.75. The molecule has 0 bridgehead atoms. The van der Waals surface area contributed by atoms with Crippen LogP contribution in [0.25, 0.3) is 10.9 Å². The molecule has 14 heavy (non-hydrogen) atoms. The number of nitrogens with one attached hydrogen (secondary N) is 1. The molecule has 0 aliphatic carbocycles. The van der Waals surface area contributed by atoms with E-state index in [0.29, 0.717) is 5.56 Å². The maximum atomic E-state index is 9.59. The maximum Gasteiger partial charge on any atom is 0.132 e. The van der Waals surface area contributed by atoms with Gasteiger partial charge in [-0.05, 0) is 6.07 Å². The molecule has 4 heteroatoms. The van der Waals surface area contributed by atoms with E-state index in [4.69, 9.17) is 10.8 Å². The van der Waals surface area contributed by atoms with Gasteiger partial charge in [0.05, 0.1) is 0 Å². The second-order valence-corrected chi connectivity index (χ2v) is 3.23. The smallest absolute Gasteiger partial charge is 0.132 e. The van der Waals surface area contributed by atoms with Crippen molar-refractivity contribution in [3.8, 4) is 0 Å². The fourth-order valence-electron chi connectivity index (χ4n) is 1.52. The molecular weight excluding hydrogens is 180 g/mol. The minimum Gasteiger partial charge on any atom is -0.384 e. The highest BCUT2D eigenvalue weighted by molar-refractivity contribution is 5.83. The van der Waals surface area contributed by atoms with Crippen LogP contribution >= 0.6 is 0 Å². The van der Waals surface area contributed by atoms with Crippen molar-refractivity contribution < 1.29 is 10.2 Å². The number of rotatable bonds is 2. The summed E-state index contributed by atoms with van der Waals surface area (Å²) in [4.78, 5) is 3.00. The van der Waals surface area contributed by atoms with E-state index in [9.17, 15) is 5.11 Å². The summed E-state index contributed by atoms with van der Waals surface area (Å²) in [6.45, 7) is 0. The first-order chi connectivity index (χ1) is 6.70. The van der Waals surface area contributed by atoms with Gasteiger partial charge in [-0.25, -0.2) is 0 Å². The van der Waals surface area contributed by atoms with Crippen molar-refractivity contribution in [3.63, 3.8) is 0 Å². The van der Waals surface area contributed by atoms with Crippen molar-refractivity contribution in [1.29, 1.82) is 0 Å². The number of H-pyrrole nitrogens is 1. The Morgan fingerprint density at radius 2 is 1.93 bits per heavy atom. The number of aliphatic hydroxyl groups excluding tert-OH is 2. The molecule has 1 aromatic carbocycles. The van der Waals surface area contributed by atoms with Crippen molar-refractivity contribution in [3.05, 3.63) is 36.0 Å². The molecule has 1 heterocycles. The molecule has 0 aliphatic rings. The summed E-state index contributed by atoms with van der Waals surface area (Å²) in [6.07, 6.45) is -0.647. The molecule has 0 fully saturated rings. The average Bonchev–Trinajstić information content (AvgIpc) is 2.60. The Labute approximate surface area is 81.0 Å². The molecular formula is C10H12N2O2. The van der Waals surface area contributed by atoms with E-state index < -0.39 is 12.3 Å². The Balaban J connectivity index is 2.53. The molecule has 2 aromatic rings. The van der Waals surface area contributed by atoms with Gasteiger partial charge in [-0.1, -0.05) is 18.2 Å². The predicted molar refractivity (Wildman–Crippen MR) is 53.5 cm³/mol. The Morgan fingerprint density at radius 3 is 2.64 bits per heavy atom. The third-order valence-electron chi connectivity index (χ3n) is 2.26. The predicted octanol–water partition coefficient (Wildman–Crippen LogP) is 0.478. The Kier molecular flexibility index (Phi) is 2.25. The van der Waals surface area contributed by atoms with Crippen molar-refractivity contribution in [1.82, 2.24) is 4.98 Å². The minimum atomic E-state index is -1.26. The Bertz CT molecular complexity index is 436. The van der Waals surface area contributed by atoms with Gasteiger partial charge in [-0.15, -0.1) is 0 Å². The maximum absolute atomic E-state index is 9.59. The number of hydrogen-bond donors (Lipinski definition) is 4. The number of hydrogen-bond acceptors (Lipinski definition) is 3. The second kappa shape index (κ2) is 3.42. The van der Waals surface area contributed by atoms with Crippen LogP contribution in [-0.2, 0) is 0 Å². The topological polar surface area (TPSA) is 82.3 Å². The number of aromatic amines is 1. The van der Waals surface area contributed by atoms with Crippen molar-refractivity contribution in [2.75, 3.05) is 0 Å². The Hall–Kier alpha value is -1.36. The molecule has 2 unspecified atom stereocenters. The molecule has 2 atom stereocenters.